The number of aromatic hydroxyl groups is 1. The normalized spacial score (nSPS) is 9.12. The molecule has 0 amide bonds. The Balaban J connectivity index is 0.000000919. The number of nitriles is 3. The SMILES string of the molecule is Fc1cccc(CBr)c1.N#Cc1ccc(O)cc1.N#Cc1ccc(OCc2cccc(F)c2)cc1.N#Cc1ccc(OCc2cccc(F)c2)cc1.NCc1ccc(OCc2cccc(F)c2)cc1.O=CO[O-].[H-].[K+].[K+]. The number of nitrogens with two attached hydrogens (primary N) is 1. The summed E-state index contributed by atoms with van der Waals surface area (Å²) < 4.78 is 67.5. The van der Waals surface area contributed by atoms with Crippen LogP contribution in [0.3, 0.4) is 0 Å². The molecule has 3 N–H and O–H groups in total. The summed E-state index contributed by atoms with van der Waals surface area (Å²) >= 11 is 3.22. The first-order chi connectivity index (χ1) is 35.4. The Kier molecular flexibility index (Phi) is 36.4. The second-order valence-corrected chi connectivity index (χ2v) is 15.1. The van der Waals surface area contributed by atoms with Gasteiger partial charge in [0, 0.05) is 11.9 Å². The predicted octanol–water partition coefficient (Wildman–Crippen LogP) is 5.96. The van der Waals surface area contributed by atoms with Crippen LogP contribution in [0, 0.1) is 57.3 Å². The van der Waals surface area contributed by atoms with Crippen LogP contribution in [-0.2, 0) is 41.4 Å². The number of phenols is 1. The van der Waals surface area contributed by atoms with Crippen molar-refractivity contribution in [3.8, 4) is 41.2 Å². The fourth-order valence-corrected chi connectivity index (χ4v) is 5.86. The summed E-state index contributed by atoms with van der Waals surface area (Å²) in [4.78, 5) is 11.2. The van der Waals surface area contributed by atoms with Crippen molar-refractivity contribution >= 4 is 22.4 Å². The number of hydrogen-bond donors (Lipinski definition) is 2. The molecule has 0 aliphatic rings. The molecule has 374 valence electrons. The van der Waals surface area contributed by atoms with Gasteiger partial charge >= 0.3 is 103 Å². The van der Waals surface area contributed by atoms with E-state index in [0.717, 1.165) is 33.6 Å². The van der Waals surface area contributed by atoms with Crippen LogP contribution in [0.2, 0.25) is 0 Å². The molecule has 8 aromatic carbocycles. The van der Waals surface area contributed by atoms with Gasteiger partial charge in [0.2, 0.25) is 0 Å². The minimum Gasteiger partial charge on any atom is -1.00 e. The van der Waals surface area contributed by atoms with Crippen molar-refractivity contribution in [3.63, 3.8) is 0 Å². The van der Waals surface area contributed by atoms with Crippen LogP contribution >= 0.6 is 15.9 Å². The summed E-state index contributed by atoms with van der Waals surface area (Å²) in [5, 5.41) is 43.5. The van der Waals surface area contributed by atoms with Crippen molar-refractivity contribution in [2.75, 3.05) is 0 Å². The Morgan fingerprint density at radius 2 is 0.773 bits per heavy atom. The van der Waals surface area contributed by atoms with E-state index in [9.17, 15) is 17.6 Å². The van der Waals surface area contributed by atoms with Crippen LogP contribution in [-0.4, -0.2) is 11.6 Å². The van der Waals surface area contributed by atoms with Gasteiger partial charge in [-0.05, 0) is 161 Å². The smallest absolute Gasteiger partial charge is 1.00 e. The average Bonchev–Trinajstić information content (AvgIpc) is 3.43. The van der Waals surface area contributed by atoms with E-state index < -0.39 is 0 Å². The summed E-state index contributed by atoms with van der Waals surface area (Å²) in [6, 6.07) is 58.7. The third kappa shape index (κ3) is 29.8. The molecule has 0 saturated carbocycles. The Hall–Kier alpha value is -5.71. The number of phenolic OH excluding ortho intramolecular Hbond substituents is 1. The molecule has 0 spiro atoms. The zero-order valence-corrected chi connectivity index (χ0v) is 48.6. The van der Waals surface area contributed by atoms with Gasteiger partial charge in [-0.15, -0.1) is 0 Å². The van der Waals surface area contributed by atoms with E-state index >= 15 is 0 Å². The number of benzene rings is 8. The van der Waals surface area contributed by atoms with Gasteiger partial charge in [0.15, 0.2) is 0 Å². The second-order valence-electron chi connectivity index (χ2n) is 14.5. The number of carbonyl (C=O) groups is 1. The first-order valence-electron chi connectivity index (χ1n) is 21.5. The van der Waals surface area contributed by atoms with Gasteiger partial charge in [-0.3, -0.25) is 4.79 Å². The van der Waals surface area contributed by atoms with Gasteiger partial charge in [-0.2, -0.15) is 15.8 Å². The third-order valence-electron chi connectivity index (χ3n) is 9.09. The maximum Gasteiger partial charge on any atom is 1.00 e. The molecule has 11 nitrogen and oxygen atoms in total. The average molecular weight is 1130 g/mol. The monoisotopic (exact) mass is 1130 g/mol. The summed E-state index contributed by atoms with van der Waals surface area (Å²) in [6.45, 7) is 1.32. The Morgan fingerprint density at radius 1 is 0.493 bits per heavy atom. The van der Waals surface area contributed by atoms with E-state index in [1.807, 2.05) is 54.6 Å². The summed E-state index contributed by atoms with van der Waals surface area (Å²) in [6.07, 6.45) is 0. The molecule has 18 heteroatoms. The first kappa shape index (κ1) is 67.3. The molecule has 75 heavy (non-hydrogen) atoms. The fourth-order valence-electron chi connectivity index (χ4n) is 5.51. The van der Waals surface area contributed by atoms with Crippen LogP contribution in [0.25, 0.3) is 0 Å². The number of alkyl halides is 1. The molecule has 0 radical (unpaired) electrons. The van der Waals surface area contributed by atoms with Gasteiger partial charge in [0.25, 0.3) is 6.47 Å². The second kappa shape index (κ2) is 40.6. The number of rotatable bonds is 12. The Labute approximate surface area is 528 Å². The molecule has 0 atom stereocenters. The number of hydrogen-bond acceptors (Lipinski definition) is 11. The molecular formula is C57H47BrF4K2N4O7. The quantitative estimate of drug-likeness (QED) is 0.0367. The minimum absolute atomic E-state index is 0. The molecular weight excluding hydrogens is 1090 g/mol. The number of halogens is 5. The van der Waals surface area contributed by atoms with Crippen molar-refractivity contribution in [3.05, 3.63) is 262 Å². The standard InChI is InChI=1S/C14H14FNO.2C14H10FNO.C7H6BrF.C7H5NO.CH2O3.2K.H/c3*15-13-3-1-2-12(8-13)10-17-14-6-4-11(9-16)5-7-14;8-5-6-2-1-3-7(9)4-6;8-5-6-1-3-7(9)4-2-6;2-1-4-3;;;/h1-8H,9-10,16H2;2*1-8H,10H2;1-4H,5H2;1-4,9H;1,3H;;;/q;;;;;;2*+1;-1/p-1. The summed E-state index contributed by atoms with van der Waals surface area (Å²) in [5.41, 5.74) is 11.6. The van der Waals surface area contributed by atoms with E-state index in [0.29, 0.717) is 59.9 Å². The van der Waals surface area contributed by atoms with Gasteiger partial charge in [-0.1, -0.05) is 76.6 Å². The number of carbonyl (C=O) groups excluding carboxylic acids is 1. The number of nitrogens with zero attached hydrogens (tertiary/aromatic N) is 3. The van der Waals surface area contributed by atoms with Crippen LogP contribution in [0.1, 0.15) is 45.9 Å². The van der Waals surface area contributed by atoms with Crippen molar-refractivity contribution in [1.82, 2.24) is 0 Å². The van der Waals surface area contributed by atoms with E-state index in [-0.39, 0.29) is 140 Å². The van der Waals surface area contributed by atoms with Crippen molar-refractivity contribution < 1.29 is 156 Å². The zero-order chi connectivity index (χ0) is 53.1. The van der Waals surface area contributed by atoms with E-state index in [2.05, 4.69) is 20.8 Å². The van der Waals surface area contributed by atoms with Crippen molar-refractivity contribution in [2.24, 2.45) is 5.73 Å². The third-order valence-corrected chi connectivity index (χ3v) is 9.74. The van der Waals surface area contributed by atoms with E-state index in [4.69, 9.17) is 50.9 Å². The maximum absolute atomic E-state index is 12.9. The molecule has 0 aliphatic heterocycles. The van der Waals surface area contributed by atoms with Gasteiger partial charge in [-0.25, -0.2) is 17.6 Å². The van der Waals surface area contributed by atoms with E-state index in [1.165, 1.54) is 60.7 Å². The summed E-state index contributed by atoms with van der Waals surface area (Å²) in [7, 11) is 0. The molecule has 0 heterocycles. The molecule has 0 unspecified atom stereocenters. The molecule has 8 rings (SSSR count). The number of ether oxygens (including phenoxy) is 3. The molecule has 0 fully saturated rings. The van der Waals surface area contributed by atoms with Crippen LogP contribution < -0.4 is 128 Å². The molecule has 0 aliphatic carbocycles. The first-order valence-corrected chi connectivity index (χ1v) is 22.7. The maximum atomic E-state index is 12.9. The predicted molar refractivity (Wildman–Crippen MR) is 269 cm³/mol. The Morgan fingerprint density at radius 3 is 1.03 bits per heavy atom. The van der Waals surface area contributed by atoms with Gasteiger partial charge < -0.3 is 36.6 Å². The van der Waals surface area contributed by atoms with Gasteiger partial charge in [0.1, 0.15) is 66.1 Å². The molecule has 0 bridgehead atoms. The Bertz CT molecular complexity index is 2900. The van der Waals surface area contributed by atoms with Crippen LogP contribution in [0.4, 0.5) is 17.6 Å². The van der Waals surface area contributed by atoms with E-state index in [1.54, 1.807) is 97.1 Å². The summed E-state index contributed by atoms with van der Waals surface area (Å²) in [5.74, 6) is 1.30. The van der Waals surface area contributed by atoms with Crippen molar-refractivity contribution in [2.45, 2.75) is 31.7 Å². The minimum atomic E-state index is -0.272. The topological polar surface area (TPSA) is 195 Å². The fraction of sp³-hybridized carbons (Fsp3) is 0.0877. The molecule has 8 aromatic rings. The zero-order valence-electron chi connectivity index (χ0n) is 41.8. The molecule has 0 saturated heterocycles. The van der Waals surface area contributed by atoms with Crippen LogP contribution in [0.5, 0.6) is 23.0 Å². The van der Waals surface area contributed by atoms with Crippen molar-refractivity contribution in [1.29, 1.82) is 15.8 Å². The van der Waals surface area contributed by atoms with Crippen LogP contribution in [0.15, 0.2) is 194 Å². The van der Waals surface area contributed by atoms with Gasteiger partial charge in [0.05, 0.1) is 34.9 Å². The largest absolute Gasteiger partial charge is 1.00 e. The molecule has 0 aromatic heterocycles.